The number of hydrogen-bond acceptors (Lipinski definition) is 1. The van der Waals surface area contributed by atoms with E-state index in [1.807, 2.05) is 19.9 Å². The highest BCUT2D eigenvalue weighted by molar-refractivity contribution is 5.76. The standard InChI is InChI=1S/C7H13NO/c1-4-6-8(3)7(9)5-2/h4,6H,5H2,1-3H3. The summed E-state index contributed by atoms with van der Waals surface area (Å²) in [6, 6.07) is 0. The molecule has 0 saturated heterocycles. The SMILES string of the molecule is CC=CN(C)C(=O)CC. The van der Waals surface area contributed by atoms with Crippen LogP contribution in [-0.2, 0) is 4.79 Å². The van der Waals surface area contributed by atoms with E-state index in [9.17, 15) is 4.79 Å². The minimum Gasteiger partial charge on any atom is -0.322 e. The first-order chi connectivity index (χ1) is 4.22. The van der Waals surface area contributed by atoms with Crippen molar-refractivity contribution in [2.45, 2.75) is 20.3 Å². The van der Waals surface area contributed by atoms with Crippen LogP contribution in [0.3, 0.4) is 0 Å². The number of amides is 1. The zero-order valence-electron chi connectivity index (χ0n) is 6.22. The Morgan fingerprint density at radius 3 is 2.56 bits per heavy atom. The fraction of sp³-hybridized carbons (Fsp3) is 0.571. The fourth-order valence-corrected chi connectivity index (χ4v) is 0.556. The lowest BCUT2D eigenvalue weighted by Crippen LogP contribution is -2.18. The summed E-state index contributed by atoms with van der Waals surface area (Å²) in [4.78, 5) is 12.4. The van der Waals surface area contributed by atoms with E-state index in [0.717, 1.165) is 0 Å². The molecule has 0 aromatic carbocycles. The second kappa shape index (κ2) is 4.13. The number of hydrogen-bond donors (Lipinski definition) is 0. The van der Waals surface area contributed by atoms with Gasteiger partial charge in [0.1, 0.15) is 0 Å². The molecular weight excluding hydrogens is 114 g/mol. The number of carbonyl (C=O) groups is 1. The molecule has 0 aliphatic carbocycles. The van der Waals surface area contributed by atoms with Gasteiger partial charge in [-0.2, -0.15) is 0 Å². The Balaban J connectivity index is 3.72. The molecule has 0 aliphatic rings. The molecular formula is C7H13NO. The molecule has 9 heavy (non-hydrogen) atoms. The van der Waals surface area contributed by atoms with E-state index in [4.69, 9.17) is 0 Å². The van der Waals surface area contributed by atoms with Crippen LogP contribution in [0.5, 0.6) is 0 Å². The lowest BCUT2D eigenvalue weighted by Gasteiger charge is -2.08. The highest BCUT2D eigenvalue weighted by Gasteiger charge is 1.98. The van der Waals surface area contributed by atoms with Gasteiger partial charge in [-0.15, -0.1) is 0 Å². The van der Waals surface area contributed by atoms with Crippen molar-refractivity contribution in [1.29, 1.82) is 0 Å². The topological polar surface area (TPSA) is 20.3 Å². The third-order valence-electron chi connectivity index (χ3n) is 1.07. The Morgan fingerprint density at radius 1 is 1.67 bits per heavy atom. The summed E-state index contributed by atoms with van der Waals surface area (Å²) < 4.78 is 0. The van der Waals surface area contributed by atoms with Crippen molar-refractivity contribution in [2.24, 2.45) is 0 Å². The van der Waals surface area contributed by atoms with Crippen LogP contribution in [-0.4, -0.2) is 17.9 Å². The Labute approximate surface area is 56.2 Å². The van der Waals surface area contributed by atoms with Crippen molar-refractivity contribution in [1.82, 2.24) is 4.90 Å². The third-order valence-corrected chi connectivity index (χ3v) is 1.07. The maximum Gasteiger partial charge on any atom is 0.225 e. The van der Waals surface area contributed by atoms with Crippen LogP contribution in [0.4, 0.5) is 0 Å². The Kier molecular flexibility index (Phi) is 3.76. The minimum absolute atomic E-state index is 0.146. The van der Waals surface area contributed by atoms with Gasteiger partial charge < -0.3 is 4.90 Å². The van der Waals surface area contributed by atoms with Crippen molar-refractivity contribution in [3.8, 4) is 0 Å². The maximum absolute atomic E-state index is 10.8. The second-order valence-corrected chi connectivity index (χ2v) is 1.84. The molecule has 0 saturated carbocycles. The zero-order valence-corrected chi connectivity index (χ0v) is 6.22. The summed E-state index contributed by atoms with van der Waals surface area (Å²) in [6.07, 6.45) is 4.17. The van der Waals surface area contributed by atoms with Crippen LogP contribution in [0.2, 0.25) is 0 Å². The molecule has 1 amide bonds. The van der Waals surface area contributed by atoms with Gasteiger partial charge in [0.2, 0.25) is 5.91 Å². The van der Waals surface area contributed by atoms with Crippen LogP contribution < -0.4 is 0 Å². The predicted molar refractivity (Wildman–Crippen MR) is 37.9 cm³/mol. The van der Waals surface area contributed by atoms with Crippen molar-refractivity contribution in [3.63, 3.8) is 0 Å². The van der Waals surface area contributed by atoms with Gasteiger partial charge in [0, 0.05) is 19.7 Å². The maximum atomic E-state index is 10.8. The van der Waals surface area contributed by atoms with Crippen LogP contribution >= 0.6 is 0 Å². The summed E-state index contributed by atoms with van der Waals surface area (Å²) in [6.45, 7) is 3.74. The first-order valence-electron chi connectivity index (χ1n) is 3.10. The normalized spacial score (nSPS) is 10.1. The molecule has 2 nitrogen and oxygen atoms in total. The number of nitrogens with zero attached hydrogens (tertiary/aromatic N) is 1. The summed E-state index contributed by atoms with van der Waals surface area (Å²) in [5, 5.41) is 0. The zero-order chi connectivity index (χ0) is 7.28. The molecule has 0 bridgehead atoms. The van der Waals surface area contributed by atoms with Crippen LogP contribution in [0.25, 0.3) is 0 Å². The average molecular weight is 127 g/mol. The van der Waals surface area contributed by atoms with Crippen LogP contribution in [0.1, 0.15) is 20.3 Å². The molecule has 0 aromatic heterocycles. The smallest absolute Gasteiger partial charge is 0.225 e. The highest BCUT2D eigenvalue weighted by Crippen LogP contribution is 1.89. The quantitative estimate of drug-likeness (QED) is 0.549. The van der Waals surface area contributed by atoms with Gasteiger partial charge in [-0.05, 0) is 6.92 Å². The summed E-state index contributed by atoms with van der Waals surface area (Å²) in [7, 11) is 1.76. The largest absolute Gasteiger partial charge is 0.322 e. The minimum atomic E-state index is 0.146. The number of rotatable bonds is 2. The number of carbonyl (C=O) groups excluding carboxylic acids is 1. The van der Waals surface area contributed by atoms with Crippen molar-refractivity contribution < 1.29 is 4.79 Å². The molecule has 2 heteroatoms. The van der Waals surface area contributed by atoms with Crippen LogP contribution in [0, 0.1) is 0 Å². The monoisotopic (exact) mass is 127 g/mol. The van der Waals surface area contributed by atoms with Gasteiger partial charge in [0.15, 0.2) is 0 Å². The molecule has 0 N–H and O–H groups in total. The Morgan fingerprint density at radius 2 is 2.22 bits per heavy atom. The van der Waals surface area contributed by atoms with E-state index < -0.39 is 0 Å². The molecule has 0 spiro atoms. The molecule has 0 fully saturated rings. The fourth-order valence-electron chi connectivity index (χ4n) is 0.556. The van der Waals surface area contributed by atoms with Gasteiger partial charge in [-0.1, -0.05) is 13.0 Å². The molecule has 0 aromatic rings. The Hall–Kier alpha value is -0.790. The molecule has 0 rings (SSSR count). The van der Waals surface area contributed by atoms with E-state index in [0.29, 0.717) is 6.42 Å². The molecule has 52 valence electrons. The summed E-state index contributed by atoms with van der Waals surface area (Å²) in [5.41, 5.74) is 0. The number of allylic oxidation sites excluding steroid dienone is 1. The first kappa shape index (κ1) is 8.21. The molecule has 0 aliphatic heterocycles. The average Bonchev–Trinajstić information content (AvgIpc) is 1.87. The molecule has 0 heterocycles. The third kappa shape index (κ3) is 2.90. The lowest BCUT2D eigenvalue weighted by molar-refractivity contribution is -0.127. The lowest BCUT2D eigenvalue weighted by atomic mass is 10.4. The van der Waals surface area contributed by atoms with Crippen molar-refractivity contribution in [3.05, 3.63) is 12.3 Å². The van der Waals surface area contributed by atoms with E-state index in [2.05, 4.69) is 0 Å². The van der Waals surface area contributed by atoms with Gasteiger partial charge in [0.05, 0.1) is 0 Å². The molecule has 0 radical (unpaired) electrons. The predicted octanol–water partition coefficient (Wildman–Crippen LogP) is 1.39. The van der Waals surface area contributed by atoms with Gasteiger partial charge in [-0.3, -0.25) is 4.79 Å². The van der Waals surface area contributed by atoms with Gasteiger partial charge in [-0.25, -0.2) is 0 Å². The van der Waals surface area contributed by atoms with Gasteiger partial charge in [0.25, 0.3) is 0 Å². The van der Waals surface area contributed by atoms with Crippen LogP contribution in [0.15, 0.2) is 12.3 Å². The van der Waals surface area contributed by atoms with E-state index in [1.54, 1.807) is 18.1 Å². The summed E-state index contributed by atoms with van der Waals surface area (Å²) >= 11 is 0. The van der Waals surface area contributed by atoms with E-state index in [1.165, 1.54) is 0 Å². The molecule has 0 atom stereocenters. The first-order valence-corrected chi connectivity index (χ1v) is 3.10. The highest BCUT2D eigenvalue weighted by atomic mass is 16.2. The van der Waals surface area contributed by atoms with Gasteiger partial charge >= 0.3 is 0 Å². The molecule has 0 unspecified atom stereocenters. The summed E-state index contributed by atoms with van der Waals surface area (Å²) in [5.74, 6) is 0.146. The van der Waals surface area contributed by atoms with Crippen molar-refractivity contribution >= 4 is 5.91 Å². The van der Waals surface area contributed by atoms with Crippen molar-refractivity contribution in [2.75, 3.05) is 7.05 Å². The van der Waals surface area contributed by atoms with E-state index >= 15 is 0 Å². The Bertz CT molecular complexity index is 118. The second-order valence-electron chi connectivity index (χ2n) is 1.84. The van der Waals surface area contributed by atoms with E-state index in [-0.39, 0.29) is 5.91 Å².